The highest BCUT2D eigenvalue weighted by Crippen LogP contribution is 2.32. The summed E-state index contributed by atoms with van der Waals surface area (Å²) < 4.78 is 10.6. The van der Waals surface area contributed by atoms with Gasteiger partial charge in [0, 0.05) is 6.07 Å². The van der Waals surface area contributed by atoms with E-state index in [1.807, 2.05) is 24.3 Å². The van der Waals surface area contributed by atoms with Crippen molar-refractivity contribution in [2.75, 3.05) is 13.2 Å². The minimum atomic E-state index is -0.801. The van der Waals surface area contributed by atoms with Crippen LogP contribution in [0.15, 0.2) is 91.0 Å². The summed E-state index contributed by atoms with van der Waals surface area (Å²) in [5.41, 5.74) is 4.70. The highest BCUT2D eigenvalue weighted by atomic mass is 16.5. The van der Waals surface area contributed by atoms with Gasteiger partial charge in [0.2, 0.25) is 0 Å². The standard InChI is InChI=1S/C31H32O6/c1-4-5-6-7-23-8-10-24(11-9-23)25-12-14-26(15-13-25)27-16-28(36-30(34)21(2)19-32)18-29(17-27)37-31(35)22(3)20-33/h8-18,32-33H,2-7,19-20H2,1H3. The number of hydrogen-bond donors (Lipinski definition) is 2. The molecule has 2 N–H and O–H groups in total. The minimum absolute atomic E-state index is 0.109. The smallest absolute Gasteiger partial charge is 0.341 e. The lowest BCUT2D eigenvalue weighted by atomic mass is 9.98. The molecule has 37 heavy (non-hydrogen) atoms. The molecule has 0 spiro atoms. The van der Waals surface area contributed by atoms with Crippen LogP contribution in [0.1, 0.15) is 31.7 Å². The summed E-state index contributed by atoms with van der Waals surface area (Å²) in [5, 5.41) is 18.3. The second-order valence-corrected chi connectivity index (χ2v) is 8.73. The van der Waals surface area contributed by atoms with Gasteiger partial charge in [-0.2, -0.15) is 0 Å². The number of rotatable bonds is 12. The molecule has 0 unspecified atom stereocenters. The molecule has 0 atom stereocenters. The molecule has 3 aromatic rings. The van der Waals surface area contributed by atoms with Crippen LogP contribution in [0, 0.1) is 0 Å². The van der Waals surface area contributed by atoms with Crippen LogP contribution in [0.2, 0.25) is 0 Å². The van der Waals surface area contributed by atoms with E-state index in [1.54, 1.807) is 12.1 Å². The second kappa shape index (κ2) is 13.3. The molecule has 0 aliphatic rings. The largest absolute Gasteiger partial charge is 0.423 e. The van der Waals surface area contributed by atoms with Crippen LogP contribution in [0.5, 0.6) is 11.5 Å². The molecule has 0 saturated heterocycles. The summed E-state index contributed by atoms with van der Waals surface area (Å²) in [6.45, 7) is 8.05. The molecular weight excluding hydrogens is 468 g/mol. The number of benzene rings is 3. The highest BCUT2D eigenvalue weighted by molar-refractivity contribution is 5.91. The first-order chi connectivity index (χ1) is 17.8. The third kappa shape index (κ3) is 7.74. The fourth-order valence-electron chi connectivity index (χ4n) is 3.64. The number of ether oxygens (including phenoxy) is 2. The van der Waals surface area contributed by atoms with E-state index in [4.69, 9.17) is 19.7 Å². The quantitative estimate of drug-likeness (QED) is 0.144. The van der Waals surface area contributed by atoms with Gasteiger partial charge < -0.3 is 19.7 Å². The van der Waals surface area contributed by atoms with Gasteiger partial charge in [0.15, 0.2) is 0 Å². The Hall–Kier alpha value is -4.00. The maximum Gasteiger partial charge on any atom is 0.341 e. The van der Waals surface area contributed by atoms with Crippen LogP contribution in [0.4, 0.5) is 0 Å². The zero-order valence-electron chi connectivity index (χ0n) is 21.0. The van der Waals surface area contributed by atoms with Crippen LogP contribution < -0.4 is 9.47 Å². The molecule has 0 aromatic heterocycles. The van der Waals surface area contributed by atoms with E-state index in [0.717, 1.165) is 23.1 Å². The first-order valence-corrected chi connectivity index (χ1v) is 12.2. The van der Waals surface area contributed by atoms with Crippen molar-refractivity contribution in [2.24, 2.45) is 0 Å². The van der Waals surface area contributed by atoms with Gasteiger partial charge in [0.05, 0.1) is 24.4 Å². The molecule has 6 heteroatoms. The van der Waals surface area contributed by atoms with Crippen molar-refractivity contribution in [3.63, 3.8) is 0 Å². The number of aliphatic hydroxyl groups excluding tert-OH is 2. The lowest BCUT2D eigenvalue weighted by Crippen LogP contribution is -2.14. The summed E-state index contributed by atoms with van der Waals surface area (Å²) in [6, 6.07) is 21.0. The predicted molar refractivity (Wildman–Crippen MR) is 144 cm³/mol. The molecular formula is C31H32O6. The first kappa shape index (κ1) is 27.6. The molecule has 0 radical (unpaired) electrons. The number of hydrogen-bond acceptors (Lipinski definition) is 6. The maximum absolute atomic E-state index is 12.1. The van der Waals surface area contributed by atoms with E-state index in [2.05, 4.69) is 44.3 Å². The molecule has 0 heterocycles. The average Bonchev–Trinajstić information content (AvgIpc) is 2.92. The van der Waals surface area contributed by atoms with Crippen molar-refractivity contribution < 1.29 is 29.3 Å². The van der Waals surface area contributed by atoms with E-state index in [0.29, 0.717) is 5.56 Å². The van der Waals surface area contributed by atoms with E-state index in [9.17, 15) is 9.59 Å². The zero-order chi connectivity index (χ0) is 26.8. The lowest BCUT2D eigenvalue weighted by Gasteiger charge is -2.12. The van der Waals surface area contributed by atoms with Crippen molar-refractivity contribution in [1.82, 2.24) is 0 Å². The summed E-state index contributed by atoms with van der Waals surface area (Å²) >= 11 is 0. The van der Waals surface area contributed by atoms with Crippen molar-refractivity contribution >= 4 is 11.9 Å². The zero-order valence-corrected chi connectivity index (χ0v) is 21.0. The fourth-order valence-corrected chi connectivity index (χ4v) is 3.64. The van der Waals surface area contributed by atoms with Crippen molar-refractivity contribution in [2.45, 2.75) is 32.6 Å². The van der Waals surface area contributed by atoms with Crippen molar-refractivity contribution in [3.05, 3.63) is 96.6 Å². The summed E-state index contributed by atoms with van der Waals surface area (Å²) in [6.07, 6.45) is 4.71. The van der Waals surface area contributed by atoms with Crippen LogP contribution in [0.3, 0.4) is 0 Å². The Balaban J connectivity index is 1.86. The van der Waals surface area contributed by atoms with Crippen LogP contribution >= 0.6 is 0 Å². The van der Waals surface area contributed by atoms with Crippen LogP contribution in [0.25, 0.3) is 22.3 Å². The Labute approximate surface area is 217 Å². The number of carbonyl (C=O) groups is 2. The summed E-state index contributed by atoms with van der Waals surface area (Å²) in [4.78, 5) is 24.3. The molecule has 0 aliphatic carbocycles. The van der Waals surface area contributed by atoms with Crippen molar-refractivity contribution in [1.29, 1.82) is 0 Å². The molecule has 192 valence electrons. The van der Waals surface area contributed by atoms with Crippen molar-refractivity contribution in [3.8, 4) is 33.8 Å². The summed E-state index contributed by atoms with van der Waals surface area (Å²) in [7, 11) is 0. The fraction of sp³-hybridized carbons (Fsp3) is 0.226. The minimum Gasteiger partial charge on any atom is -0.423 e. The molecule has 3 rings (SSSR count). The van der Waals surface area contributed by atoms with Gasteiger partial charge in [-0.25, -0.2) is 9.59 Å². The Kier molecular flexibility index (Phi) is 9.95. The number of aryl methyl sites for hydroxylation is 1. The van der Waals surface area contributed by atoms with E-state index >= 15 is 0 Å². The average molecular weight is 501 g/mol. The number of carbonyl (C=O) groups excluding carboxylic acids is 2. The van der Waals surface area contributed by atoms with E-state index in [-0.39, 0.29) is 22.6 Å². The SMILES string of the molecule is C=C(CO)C(=O)Oc1cc(OC(=O)C(=C)CO)cc(-c2ccc(-c3ccc(CCCCC)cc3)cc2)c1. The van der Waals surface area contributed by atoms with Gasteiger partial charge in [0.25, 0.3) is 0 Å². The predicted octanol–water partition coefficient (Wildman–Crippen LogP) is 5.66. The normalized spacial score (nSPS) is 10.6. The number of esters is 2. The van der Waals surface area contributed by atoms with Gasteiger partial charge in [0.1, 0.15) is 11.5 Å². The van der Waals surface area contributed by atoms with Gasteiger partial charge in [-0.3, -0.25) is 0 Å². The first-order valence-electron chi connectivity index (χ1n) is 12.2. The Morgan fingerprint density at radius 3 is 1.54 bits per heavy atom. The number of unbranched alkanes of at least 4 members (excludes halogenated alkanes) is 2. The third-order valence-corrected chi connectivity index (χ3v) is 5.83. The van der Waals surface area contributed by atoms with Gasteiger partial charge in [-0.15, -0.1) is 0 Å². The molecule has 0 bridgehead atoms. The Morgan fingerprint density at radius 1 is 0.676 bits per heavy atom. The van der Waals surface area contributed by atoms with Gasteiger partial charge in [-0.1, -0.05) is 81.5 Å². The molecule has 3 aromatic carbocycles. The second-order valence-electron chi connectivity index (χ2n) is 8.73. The van der Waals surface area contributed by atoms with E-state index < -0.39 is 25.2 Å². The highest BCUT2D eigenvalue weighted by Gasteiger charge is 2.15. The molecule has 0 amide bonds. The molecule has 0 aliphatic heterocycles. The molecule has 0 fully saturated rings. The molecule has 6 nitrogen and oxygen atoms in total. The van der Waals surface area contributed by atoms with Gasteiger partial charge in [-0.05, 0) is 52.8 Å². The Bertz CT molecular complexity index is 1210. The van der Waals surface area contributed by atoms with Gasteiger partial charge >= 0.3 is 11.9 Å². The lowest BCUT2D eigenvalue weighted by molar-refractivity contribution is -0.131. The van der Waals surface area contributed by atoms with Crippen LogP contribution in [-0.4, -0.2) is 35.4 Å². The number of aliphatic hydroxyl groups is 2. The van der Waals surface area contributed by atoms with E-state index in [1.165, 1.54) is 30.9 Å². The topological polar surface area (TPSA) is 93.1 Å². The van der Waals surface area contributed by atoms with Crippen LogP contribution in [-0.2, 0) is 16.0 Å². The Morgan fingerprint density at radius 2 is 1.11 bits per heavy atom. The third-order valence-electron chi connectivity index (χ3n) is 5.83. The maximum atomic E-state index is 12.1. The monoisotopic (exact) mass is 500 g/mol. The summed E-state index contributed by atoms with van der Waals surface area (Å²) in [5.74, 6) is -1.38. The molecule has 0 saturated carbocycles.